The van der Waals surface area contributed by atoms with Crippen LogP contribution in [0, 0.1) is 5.92 Å². The fraction of sp³-hybridized carbons (Fsp3) is 0.417. The maximum Gasteiger partial charge on any atom is 0.416 e. The molecule has 0 radical (unpaired) electrons. The number of benzene rings is 1. The molecule has 0 saturated heterocycles. The van der Waals surface area contributed by atoms with E-state index in [1.54, 1.807) is 0 Å². The van der Waals surface area contributed by atoms with Gasteiger partial charge in [0.05, 0.1) is 11.1 Å². The van der Waals surface area contributed by atoms with Crippen molar-refractivity contribution in [3.8, 4) is 0 Å². The molecule has 1 aromatic rings. The molecule has 2 N–H and O–H groups in total. The van der Waals surface area contributed by atoms with Crippen molar-refractivity contribution in [2.75, 3.05) is 11.9 Å². The van der Waals surface area contributed by atoms with Crippen LogP contribution in [0.2, 0.25) is 0 Å². The molecule has 0 saturated carbocycles. The molecular formula is C12H14F3NO2. The molecule has 0 aliphatic heterocycles. The SMILES string of the molecule is CC(C)CNc1ccc(C(F)(F)F)cc1C(=O)O. The first-order valence-corrected chi connectivity index (χ1v) is 5.40. The maximum atomic E-state index is 12.5. The first kappa shape index (κ1) is 14.3. The van der Waals surface area contributed by atoms with E-state index in [1.807, 2.05) is 13.8 Å². The van der Waals surface area contributed by atoms with Gasteiger partial charge in [0.2, 0.25) is 0 Å². The van der Waals surface area contributed by atoms with Crippen molar-refractivity contribution in [1.29, 1.82) is 0 Å². The van der Waals surface area contributed by atoms with E-state index < -0.39 is 17.7 Å². The molecule has 0 amide bonds. The van der Waals surface area contributed by atoms with E-state index in [1.165, 1.54) is 0 Å². The average molecular weight is 261 g/mol. The van der Waals surface area contributed by atoms with E-state index in [2.05, 4.69) is 5.32 Å². The molecule has 100 valence electrons. The van der Waals surface area contributed by atoms with E-state index in [0.717, 1.165) is 12.1 Å². The van der Waals surface area contributed by atoms with E-state index in [0.29, 0.717) is 12.6 Å². The number of anilines is 1. The van der Waals surface area contributed by atoms with Crippen LogP contribution < -0.4 is 5.32 Å². The molecular weight excluding hydrogens is 247 g/mol. The van der Waals surface area contributed by atoms with E-state index >= 15 is 0 Å². The highest BCUT2D eigenvalue weighted by Gasteiger charge is 2.31. The maximum absolute atomic E-state index is 12.5. The Morgan fingerprint density at radius 2 is 2.00 bits per heavy atom. The molecule has 0 spiro atoms. The van der Waals surface area contributed by atoms with Gasteiger partial charge in [0.25, 0.3) is 0 Å². The summed E-state index contributed by atoms with van der Waals surface area (Å²) in [5.74, 6) is -1.12. The van der Waals surface area contributed by atoms with Gasteiger partial charge in [0.1, 0.15) is 0 Å². The van der Waals surface area contributed by atoms with Crippen LogP contribution in [0.1, 0.15) is 29.8 Å². The molecule has 0 aromatic heterocycles. The highest BCUT2D eigenvalue weighted by molar-refractivity contribution is 5.94. The summed E-state index contributed by atoms with van der Waals surface area (Å²) >= 11 is 0. The Labute approximate surface area is 103 Å². The van der Waals surface area contributed by atoms with Crippen molar-refractivity contribution in [1.82, 2.24) is 0 Å². The highest BCUT2D eigenvalue weighted by atomic mass is 19.4. The number of nitrogens with one attached hydrogen (secondary N) is 1. The summed E-state index contributed by atoms with van der Waals surface area (Å²) in [5.41, 5.74) is -1.13. The zero-order valence-electron chi connectivity index (χ0n) is 10.0. The topological polar surface area (TPSA) is 49.3 Å². The van der Waals surface area contributed by atoms with Crippen LogP contribution in [0.15, 0.2) is 18.2 Å². The molecule has 0 aliphatic rings. The Bertz CT molecular complexity index is 441. The fourth-order valence-corrected chi connectivity index (χ4v) is 1.37. The van der Waals surface area contributed by atoms with Gasteiger partial charge in [-0.3, -0.25) is 0 Å². The molecule has 0 heterocycles. The van der Waals surface area contributed by atoms with Crippen LogP contribution in [-0.2, 0) is 6.18 Å². The van der Waals surface area contributed by atoms with E-state index in [-0.39, 0.29) is 17.2 Å². The zero-order chi connectivity index (χ0) is 13.9. The minimum atomic E-state index is -4.54. The largest absolute Gasteiger partial charge is 0.478 e. The average Bonchev–Trinajstić information content (AvgIpc) is 2.24. The Balaban J connectivity index is 3.09. The lowest BCUT2D eigenvalue weighted by atomic mass is 10.1. The molecule has 0 fully saturated rings. The third kappa shape index (κ3) is 3.65. The van der Waals surface area contributed by atoms with Gasteiger partial charge < -0.3 is 10.4 Å². The van der Waals surface area contributed by atoms with Gasteiger partial charge in [-0.15, -0.1) is 0 Å². The predicted molar refractivity (Wildman–Crippen MR) is 61.7 cm³/mol. The van der Waals surface area contributed by atoms with Gasteiger partial charge in [-0.05, 0) is 24.1 Å². The number of carbonyl (C=O) groups is 1. The van der Waals surface area contributed by atoms with Crippen LogP contribution in [0.25, 0.3) is 0 Å². The predicted octanol–water partition coefficient (Wildman–Crippen LogP) is 3.47. The first-order chi connectivity index (χ1) is 8.21. The second-order valence-corrected chi connectivity index (χ2v) is 4.34. The van der Waals surface area contributed by atoms with Gasteiger partial charge in [-0.1, -0.05) is 13.8 Å². The number of carboxylic acid groups (broad SMARTS) is 1. The van der Waals surface area contributed by atoms with Gasteiger partial charge in [-0.25, -0.2) is 4.79 Å². The molecule has 0 atom stereocenters. The quantitative estimate of drug-likeness (QED) is 0.872. The van der Waals surface area contributed by atoms with E-state index in [4.69, 9.17) is 5.11 Å². The van der Waals surface area contributed by atoms with Crippen LogP contribution in [0.3, 0.4) is 0 Å². The number of aromatic carboxylic acids is 1. The Hall–Kier alpha value is -1.72. The number of rotatable bonds is 4. The summed E-state index contributed by atoms with van der Waals surface area (Å²) in [5, 5.41) is 11.7. The Morgan fingerprint density at radius 3 is 2.44 bits per heavy atom. The first-order valence-electron chi connectivity index (χ1n) is 5.40. The van der Waals surface area contributed by atoms with Crippen molar-refractivity contribution < 1.29 is 23.1 Å². The number of halogens is 3. The van der Waals surface area contributed by atoms with Crippen molar-refractivity contribution in [3.63, 3.8) is 0 Å². The fourth-order valence-electron chi connectivity index (χ4n) is 1.37. The Kier molecular flexibility index (Phi) is 4.21. The minimum Gasteiger partial charge on any atom is -0.478 e. The summed E-state index contributed by atoms with van der Waals surface area (Å²) in [7, 11) is 0. The molecule has 0 aliphatic carbocycles. The molecule has 3 nitrogen and oxygen atoms in total. The summed E-state index contributed by atoms with van der Waals surface area (Å²) in [6, 6.07) is 2.66. The summed E-state index contributed by atoms with van der Waals surface area (Å²) in [6.07, 6.45) is -4.54. The number of hydrogen-bond donors (Lipinski definition) is 2. The second-order valence-electron chi connectivity index (χ2n) is 4.34. The summed E-state index contributed by atoms with van der Waals surface area (Å²) in [4.78, 5) is 10.9. The summed E-state index contributed by atoms with van der Waals surface area (Å²) < 4.78 is 37.4. The van der Waals surface area contributed by atoms with Crippen LogP contribution >= 0.6 is 0 Å². The van der Waals surface area contributed by atoms with Gasteiger partial charge >= 0.3 is 12.1 Å². The molecule has 0 unspecified atom stereocenters. The van der Waals surface area contributed by atoms with Gasteiger partial charge in [-0.2, -0.15) is 13.2 Å². The number of carboxylic acids is 1. The standard InChI is InChI=1S/C12H14F3NO2/c1-7(2)6-16-10-4-3-8(12(13,14)15)5-9(10)11(17)18/h3-5,7,16H,6H2,1-2H3,(H,17,18). The monoisotopic (exact) mass is 261 g/mol. The number of alkyl halides is 3. The third-order valence-electron chi connectivity index (χ3n) is 2.28. The lowest BCUT2D eigenvalue weighted by Crippen LogP contribution is -2.13. The summed E-state index contributed by atoms with van der Waals surface area (Å²) in [6.45, 7) is 4.32. The lowest BCUT2D eigenvalue weighted by Gasteiger charge is -2.14. The molecule has 6 heteroatoms. The number of hydrogen-bond acceptors (Lipinski definition) is 2. The molecule has 1 aromatic carbocycles. The Morgan fingerprint density at radius 1 is 1.39 bits per heavy atom. The highest BCUT2D eigenvalue weighted by Crippen LogP contribution is 2.31. The van der Waals surface area contributed by atoms with Crippen molar-refractivity contribution in [2.45, 2.75) is 20.0 Å². The molecule has 1 rings (SSSR count). The van der Waals surface area contributed by atoms with E-state index in [9.17, 15) is 18.0 Å². The van der Waals surface area contributed by atoms with Gasteiger partial charge in [0, 0.05) is 12.2 Å². The zero-order valence-corrected chi connectivity index (χ0v) is 10.0. The van der Waals surface area contributed by atoms with Crippen LogP contribution in [0.5, 0.6) is 0 Å². The van der Waals surface area contributed by atoms with Crippen molar-refractivity contribution in [2.24, 2.45) is 5.92 Å². The second kappa shape index (κ2) is 5.29. The van der Waals surface area contributed by atoms with Gasteiger partial charge in [0.15, 0.2) is 0 Å². The van der Waals surface area contributed by atoms with Crippen molar-refractivity contribution >= 4 is 11.7 Å². The third-order valence-corrected chi connectivity index (χ3v) is 2.28. The normalized spacial score (nSPS) is 11.7. The molecule has 18 heavy (non-hydrogen) atoms. The van der Waals surface area contributed by atoms with Crippen LogP contribution in [0.4, 0.5) is 18.9 Å². The molecule has 0 bridgehead atoms. The van der Waals surface area contributed by atoms with Crippen molar-refractivity contribution in [3.05, 3.63) is 29.3 Å². The van der Waals surface area contributed by atoms with Crippen LogP contribution in [-0.4, -0.2) is 17.6 Å². The smallest absolute Gasteiger partial charge is 0.416 e. The minimum absolute atomic E-state index is 0.198. The lowest BCUT2D eigenvalue weighted by molar-refractivity contribution is -0.137.